The van der Waals surface area contributed by atoms with Gasteiger partial charge in [0.1, 0.15) is 11.1 Å². The summed E-state index contributed by atoms with van der Waals surface area (Å²) in [5.41, 5.74) is 2.53. The standard InChI is InChI=1S/C16H17ClN2O2S/c1-10(2)21-18-9-12-8-13(4-5-14(12)17)19-16(22)15-11(3)6-7-20-15/h4-10H,1-3H3,(H,19,22)/b18-9+. The Morgan fingerprint density at radius 3 is 2.82 bits per heavy atom. The lowest BCUT2D eigenvalue weighted by atomic mass is 10.2. The highest BCUT2D eigenvalue weighted by Crippen LogP contribution is 2.21. The predicted molar refractivity (Wildman–Crippen MR) is 94.0 cm³/mol. The molecule has 0 saturated heterocycles. The van der Waals surface area contributed by atoms with Gasteiger partial charge in [-0.25, -0.2) is 0 Å². The highest BCUT2D eigenvalue weighted by atomic mass is 35.5. The molecule has 0 aliphatic carbocycles. The van der Waals surface area contributed by atoms with Crippen LogP contribution in [0.15, 0.2) is 40.1 Å². The van der Waals surface area contributed by atoms with Gasteiger partial charge in [-0.05, 0) is 50.6 Å². The summed E-state index contributed by atoms with van der Waals surface area (Å²) in [4.78, 5) is 5.67. The molecule has 2 aromatic rings. The van der Waals surface area contributed by atoms with Gasteiger partial charge in [-0.3, -0.25) is 0 Å². The summed E-state index contributed by atoms with van der Waals surface area (Å²) in [5, 5.41) is 7.61. The lowest BCUT2D eigenvalue weighted by Gasteiger charge is -2.08. The van der Waals surface area contributed by atoms with Crippen molar-refractivity contribution in [3.8, 4) is 0 Å². The van der Waals surface area contributed by atoms with E-state index in [1.165, 1.54) is 0 Å². The predicted octanol–water partition coefficient (Wildman–Crippen LogP) is 4.79. The Kier molecular flexibility index (Phi) is 5.57. The van der Waals surface area contributed by atoms with E-state index < -0.39 is 0 Å². The van der Waals surface area contributed by atoms with Crippen LogP contribution < -0.4 is 5.32 Å². The number of thiocarbonyl (C=S) groups is 1. The molecule has 0 atom stereocenters. The molecule has 0 spiro atoms. The molecular weight excluding hydrogens is 320 g/mol. The molecule has 0 saturated carbocycles. The average Bonchev–Trinajstić information content (AvgIpc) is 2.88. The van der Waals surface area contributed by atoms with Crippen molar-refractivity contribution in [2.24, 2.45) is 5.16 Å². The van der Waals surface area contributed by atoms with E-state index in [-0.39, 0.29) is 6.10 Å². The molecule has 116 valence electrons. The maximum absolute atomic E-state index is 6.15. The van der Waals surface area contributed by atoms with Crippen molar-refractivity contribution in [1.29, 1.82) is 0 Å². The molecular formula is C16H17ClN2O2S. The van der Waals surface area contributed by atoms with Gasteiger partial charge in [-0.1, -0.05) is 29.0 Å². The Bertz CT molecular complexity index is 695. The number of rotatable bonds is 5. The van der Waals surface area contributed by atoms with Gasteiger partial charge >= 0.3 is 0 Å². The van der Waals surface area contributed by atoms with E-state index in [4.69, 9.17) is 33.1 Å². The van der Waals surface area contributed by atoms with Gasteiger partial charge in [0.2, 0.25) is 0 Å². The van der Waals surface area contributed by atoms with Gasteiger partial charge in [0, 0.05) is 16.3 Å². The highest BCUT2D eigenvalue weighted by Gasteiger charge is 2.09. The number of nitrogens with zero attached hydrogens (tertiary/aromatic N) is 1. The fraction of sp³-hybridized carbons (Fsp3) is 0.250. The van der Waals surface area contributed by atoms with Gasteiger partial charge in [-0.15, -0.1) is 0 Å². The van der Waals surface area contributed by atoms with Crippen LogP contribution in [0, 0.1) is 6.92 Å². The van der Waals surface area contributed by atoms with Crippen LogP contribution in [0.3, 0.4) is 0 Å². The molecule has 0 fully saturated rings. The summed E-state index contributed by atoms with van der Waals surface area (Å²) >= 11 is 11.5. The van der Waals surface area contributed by atoms with E-state index in [0.29, 0.717) is 15.8 Å². The molecule has 22 heavy (non-hydrogen) atoms. The molecule has 2 rings (SSSR count). The minimum Gasteiger partial charge on any atom is -0.462 e. The van der Waals surface area contributed by atoms with Crippen molar-refractivity contribution in [2.45, 2.75) is 26.9 Å². The normalized spacial score (nSPS) is 11.1. The molecule has 1 heterocycles. The quantitative estimate of drug-likeness (QED) is 0.484. The first-order valence-corrected chi connectivity index (χ1v) is 7.60. The molecule has 1 aromatic heterocycles. The van der Waals surface area contributed by atoms with E-state index in [9.17, 15) is 0 Å². The van der Waals surface area contributed by atoms with Crippen LogP contribution in [0.2, 0.25) is 5.02 Å². The zero-order valence-corrected chi connectivity index (χ0v) is 14.2. The van der Waals surface area contributed by atoms with Crippen LogP contribution in [0.1, 0.15) is 30.7 Å². The summed E-state index contributed by atoms with van der Waals surface area (Å²) in [5.74, 6) is 0.656. The Morgan fingerprint density at radius 2 is 2.18 bits per heavy atom. The minimum atomic E-state index is 0.0193. The van der Waals surface area contributed by atoms with E-state index in [1.807, 2.05) is 39.0 Å². The zero-order valence-electron chi connectivity index (χ0n) is 12.6. The van der Waals surface area contributed by atoms with Crippen molar-refractivity contribution < 1.29 is 9.25 Å². The van der Waals surface area contributed by atoms with Gasteiger partial charge < -0.3 is 14.6 Å². The molecule has 1 N–H and O–H groups in total. The third kappa shape index (κ3) is 4.32. The zero-order chi connectivity index (χ0) is 16.1. The Balaban J connectivity index is 2.14. The molecule has 0 radical (unpaired) electrons. The second-order valence-electron chi connectivity index (χ2n) is 5.01. The first-order chi connectivity index (χ1) is 10.5. The van der Waals surface area contributed by atoms with Crippen molar-refractivity contribution in [3.05, 3.63) is 52.4 Å². The van der Waals surface area contributed by atoms with Crippen LogP contribution in [0.5, 0.6) is 0 Å². The Morgan fingerprint density at radius 1 is 1.41 bits per heavy atom. The van der Waals surface area contributed by atoms with Gasteiger partial charge in [-0.2, -0.15) is 0 Å². The van der Waals surface area contributed by atoms with Gasteiger partial charge in [0.05, 0.1) is 12.5 Å². The fourth-order valence-electron chi connectivity index (χ4n) is 1.72. The van der Waals surface area contributed by atoms with Crippen LogP contribution in [0.4, 0.5) is 5.69 Å². The maximum Gasteiger partial charge on any atom is 0.164 e. The number of hydrogen-bond donors (Lipinski definition) is 1. The third-order valence-corrected chi connectivity index (χ3v) is 3.42. The molecule has 4 nitrogen and oxygen atoms in total. The molecule has 0 amide bonds. The van der Waals surface area contributed by atoms with Crippen molar-refractivity contribution >= 4 is 40.7 Å². The highest BCUT2D eigenvalue weighted by molar-refractivity contribution is 7.81. The van der Waals surface area contributed by atoms with Gasteiger partial charge in [0.25, 0.3) is 0 Å². The van der Waals surface area contributed by atoms with Crippen molar-refractivity contribution in [2.75, 3.05) is 5.32 Å². The summed E-state index contributed by atoms with van der Waals surface area (Å²) in [6.45, 7) is 5.75. The smallest absolute Gasteiger partial charge is 0.164 e. The lowest BCUT2D eigenvalue weighted by Crippen LogP contribution is -2.11. The number of nitrogens with one attached hydrogen (secondary N) is 1. The molecule has 0 aliphatic heterocycles. The van der Waals surface area contributed by atoms with Crippen LogP contribution >= 0.6 is 23.8 Å². The van der Waals surface area contributed by atoms with E-state index in [2.05, 4.69) is 10.5 Å². The molecule has 1 aromatic carbocycles. The summed E-state index contributed by atoms with van der Waals surface area (Å²) in [6.07, 6.45) is 3.21. The minimum absolute atomic E-state index is 0.0193. The SMILES string of the molecule is Cc1ccoc1C(=S)Nc1ccc(Cl)c(/C=N/OC(C)C)c1. The Hall–Kier alpha value is -1.85. The van der Waals surface area contributed by atoms with Gasteiger partial charge in [0.15, 0.2) is 5.76 Å². The van der Waals surface area contributed by atoms with Crippen molar-refractivity contribution in [3.63, 3.8) is 0 Å². The molecule has 0 bridgehead atoms. The largest absolute Gasteiger partial charge is 0.462 e. The molecule has 6 heteroatoms. The number of furan rings is 1. The monoisotopic (exact) mass is 336 g/mol. The fourth-order valence-corrected chi connectivity index (χ4v) is 2.22. The first-order valence-electron chi connectivity index (χ1n) is 6.81. The number of oxime groups is 1. The second kappa shape index (κ2) is 7.42. The van der Waals surface area contributed by atoms with Crippen LogP contribution in [-0.2, 0) is 4.84 Å². The summed E-state index contributed by atoms with van der Waals surface area (Å²) in [7, 11) is 0. The first kappa shape index (κ1) is 16.5. The second-order valence-corrected chi connectivity index (χ2v) is 5.83. The summed E-state index contributed by atoms with van der Waals surface area (Å²) < 4.78 is 5.37. The van der Waals surface area contributed by atoms with Crippen LogP contribution in [0.25, 0.3) is 0 Å². The third-order valence-electron chi connectivity index (χ3n) is 2.79. The number of anilines is 1. The van der Waals surface area contributed by atoms with E-state index >= 15 is 0 Å². The molecule has 0 unspecified atom stereocenters. The maximum atomic E-state index is 6.15. The number of halogens is 1. The Labute approximate surface area is 140 Å². The lowest BCUT2D eigenvalue weighted by molar-refractivity contribution is 0.0874. The molecule has 0 aliphatic rings. The van der Waals surface area contributed by atoms with Crippen molar-refractivity contribution in [1.82, 2.24) is 0 Å². The topological polar surface area (TPSA) is 46.8 Å². The summed E-state index contributed by atoms with van der Waals surface area (Å²) in [6, 6.07) is 7.33. The number of hydrogen-bond acceptors (Lipinski definition) is 4. The van der Waals surface area contributed by atoms with E-state index in [0.717, 1.165) is 16.8 Å². The average molecular weight is 337 g/mol. The number of benzene rings is 1. The van der Waals surface area contributed by atoms with Crippen LogP contribution in [-0.4, -0.2) is 17.3 Å². The van der Waals surface area contributed by atoms with E-state index in [1.54, 1.807) is 18.5 Å². The number of aryl methyl sites for hydroxylation is 1.